The van der Waals surface area contributed by atoms with Crippen LogP contribution in [0.15, 0.2) is 42.7 Å². The molecule has 1 aliphatic heterocycles. The Kier molecular flexibility index (Phi) is 5.50. The fraction of sp³-hybridized carbons (Fsp3) is 0.368. The molecule has 0 spiro atoms. The molecular formula is C19H23N3O3. The molecule has 0 saturated carbocycles. The zero-order valence-corrected chi connectivity index (χ0v) is 14.6. The normalized spacial score (nSPS) is 14.4. The second-order valence-electron chi connectivity index (χ2n) is 6.15. The Morgan fingerprint density at radius 1 is 1.24 bits per heavy atom. The lowest BCUT2D eigenvalue weighted by Crippen LogP contribution is -2.40. The summed E-state index contributed by atoms with van der Waals surface area (Å²) in [7, 11) is 0. The minimum absolute atomic E-state index is 0.0221. The molecule has 25 heavy (non-hydrogen) atoms. The molecule has 1 aromatic heterocycles. The summed E-state index contributed by atoms with van der Waals surface area (Å²) in [6, 6.07) is 9.54. The molecule has 1 fully saturated rings. The number of carbonyl (C=O) groups is 1. The van der Waals surface area contributed by atoms with Crippen LogP contribution in [-0.2, 0) is 4.74 Å². The Bertz CT molecular complexity index is 727. The number of hydrogen-bond acceptors (Lipinski definition) is 5. The number of amides is 1. The smallest absolute Gasteiger partial charge is 0.255 e. The molecule has 1 aromatic carbocycles. The topological polar surface area (TPSA) is 63.7 Å². The highest BCUT2D eigenvalue weighted by Crippen LogP contribution is 2.28. The number of carbonyl (C=O) groups excluding carboxylic acids is 1. The minimum atomic E-state index is -0.0221. The van der Waals surface area contributed by atoms with Crippen LogP contribution in [0.1, 0.15) is 24.2 Å². The molecule has 1 saturated heterocycles. The van der Waals surface area contributed by atoms with Crippen LogP contribution in [0.3, 0.4) is 0 Å². The third-order valence-corrected chi connectivity index (χ3v) is 3.81. The standard InChI is InChI=1S/C19H23N3O3/c1-14(2)25-18-6-4-3-5-17(18)21-16-11-15(12-20-13-16)19(23)22-7-9-24-10-8-22/h3-6,11-14,21H,7-10H2,1-2H3. The van der Waals surface area contributed by atoms with Crippen LogP contribution < -0.4 is 10.1 Å². The lowest BCUT2D eigenvalue weighted by atomic mass is 10.2. The molecule has 0 atom stereocenters. The van der Waals surface area contributed by atoms with Gasteiger partial charge >= 0.3 is 0 Å². The lowest BCUT2D eigenvalue weighted by molar-refractivity contribution is 0.0302. The van der Waals surface area contributed by atoms with Crippen molar-refractivity contribution < 1.29 is 14.3 Å². The van der Waals surface area contributed by atoms with Gasteiger partial charge in [-0.3, -0.25) is 9.78 Å². The summed E-state index contributed by atoms with van der Waals surface area (Å²) in [4.78, 5) is 18.6. The molecule has 1 amide bonds. The summed E-state index contributed by atoms with van der Waals surface area (Å²) >= 11 is 0. The van der Waals surface area contributed by atoms with Gasteiger partial charge in [0, 0.05) is 19.3 Å². The molecule has 0 radical (unpaired) electrons. The van der Waals surface area contributed by atoms with Crippen LogP contribution in [0.25, 0.3) is 0 Å². The number of aromatic nitrogens is 1. The van der Waals surface area contributed by atoms with Crippen molar-refractivity contribution in [2.24, 2.45) is 0 Å². The number of benzene rings is 1. The van der Waals surface area contributed by atoms with E-state index in [-0.39, 0.29) is 12.0 Å². The Morgan fingerprint density at radius 2 is 2.00 bits per heavy atom. The Labute approximate surface area is 147 Å². The Balaban J connectivity index is 1.77. The predicted octanol–water partition coefficient (Wildman–Crippen LogP) is 3.08. The molecule has 3 rings (SSSR count). The summed E-state index contributed by atoms with van der Waals surface area (Å²) in [6.45, 7) is 6.36. The first kappa shape index (κ1) is 17.2. The third-order valence-electron chi connectivity index (χ3n) is 3.81. The number of nitrogens with one attached hydrogen (secondary N) is 1. The van der Waals surface area contributed by atoms with E-state index in [1.165, 1.54) is 0 Å². The summed E-state index contributed by atoms with van der Waals surface area (Å²) < 4.78 is 11.1. The molecule has 6 nitrogen and oxygen atoms in total. The van der Waals surface area contributed by atoms with Crippen LogP contribution in [-0.4, -0.2) is 48.2 Å². The van der Waals surface area contributed by atoms with Crippen molar-refractivity contribution in [3.8, 4) is 5.75 Å². The number of anilines is 2. The highest BCUT2D eigenvalue weighted by atomic mass is 16.5. The van der Waals surface area contributed by atoms with Crippen LogP contribution >= 0.6 is 0 Å². The minimum Gasteiger partial charge on any atom is -0.489 e. The van der Waals surface area contributed by atoms with Gasteiger partial charge in [0.05, 0.1) is 42.5 Å². The summed E-state index contributed by atoms with van der Waals surface area (Å²) in [5.41, 5.74) is 2.15. The fourth-order valence-corrected chi connectivity index (χ4v) is 2.66. The summed E-state index contributed by atoms with van der Waals surface area (Å²) in [6.07, 6.45) is 3.37. The molecule has 1 N–H and O–H groups in total. The van der Waals surface area contributed by atoms with Crippen molar-refractivity contribution in [1.29, 1.82) is 0 Å². The molecule has 2 aromatic rings. The van der Waals surface area contributed by atoms with Crippen molar-refractivity contribution in [2.45, 2.75) is 20.0 Å². The number of para-hydroxylation sites is 2. The highest BCUT2D eigenvalue weighted by Gasteiger charge is 2.19. The summed E-state index contributed by atoms with van der Waals surface area (Å²) in [5, 5.41) is 3.29. The van der Waals surface area contributed by atoms with E-state index >= 15 is 0 Å². The van der Waals surface area contributed by atoms with Gasteiger partial charge in [0.1, 0.15) is 5.75 Å². The summed E-state index contributed by atoms with van der Waals surface area (Å²) in [5.74, 6) is 0.744. The first-order valence-electron chi connectivity index (χ1n) is 8.48. The maximum absolute atomic E-state index is 12.6. The van der Waals surface area contributed by atoms with Crippen molar-refractivity contribution in [1.82, 2.24) is 9.88 Å². The maximum atomic E-state index is 12.6. The molecule has 132 valence electrons. The Morgan fingerprint density at radius 3 is 2.76 bits per heavy atom. The second-order valence-corrected chi connectivity index (χ2v) is 6.15. The van der Waals surface area contributed by atoms with Crippen LogP contribution in [0.4, 0.5) is 11.4 Å². The van der Waals surface area contributed by atoms with Crippen molar-refractivity contribution in [3.63, 3.8) is 0 Å². The van der Waals surface area contributed by atoms with Gasteiger partial charge in [0.25, 0.3) is 5.91 Å². The number of ether oxygens (including phenoxy) is 2. The van der Waals surface area contributed by atoms with Crippen LogP contribution in [0.5, 0.6) is 5.75 Å². The average Bonchev–Trinajstić information content (AvgIpc) is 2.63. The monoisotopic (exact) mass is 341 g/mol. The van der Waals surface area contributed by atoms with E-state index < -0.39 is 0 Å². The van der Waals surface area contributed by atoms with E-state index in [0.717, 1.165) is 17.1 Å². The lowest BCUT2D eigenvalue weighted by Gasteiger charge is -2.26. The molecule has 0 aliphatic carbocycles. The zero-order valence-electron chi connectivity index (χ0n) is 14.6. The third kappa shape index (κ3) is 4.48. The van der Waals surface area contributed by atoms with Gasteiger partial charge in [-0.05, 0) is 32.0 Å². The molecular weight excluding hydrogens is 318 g/mol. The van der Waals surface area contributed by atoms with E-state index in [4.69, 9.17) is 9.47 Å². The van der Waals surface area contributed by atoms with Gasteiger partial charge < -0.3 is 19.7 Å². The number of rotatable bonds is 5. The molecule has 2 heterocycles. The van der Waals surface area contributed by atoms with Gasteiger partial charge in [-0.2, -0.15) is 0 Å². The fourth-order valence-electron chi connectivity index (χ4n) is 2.66. The van der Waals surface area contributed by atoms with Crippen LogP contribution in [0, 0.1) is 0 Å². The number of hydrogen-bond donors (Lipinski definition) is 1. The Hall–Kier alpha value is -2.60. The predicted molar refractivity (Wildman–Crippen MR) is 96.4 cm³/mol. The first-order valence-corrected chi connectivity index (χ1v) is 8.48. The van der Waals surface area contributed by atoms with Crippen molar-refractivity contribution >= 4 is 17.3 Å². The van der Waals surface area contributed by atoms with Gasteiger partial charge in [-0.1, -0.05) is 12.1 Å². The van der Waals surface area contributed by atoms with E-state index in [1.54, 1.807) is 17.3 Å². The van der Waals surface area contributed by atoms with E-state index in [0.29, 0.717) is 31.9 Å². The van der Waals surface area contributed by atoms with Gasteiger partial charge in [-0.25, -0.2) is 0 Å². The molecule has 0 bridgehead atoms. The van der Waals surface area contributed by atoms with Gasteiger partial charge in [-0.15, -0.1) is 0 Å². The number of nitrogens with zero attached hydrogens (tertiary/aromatic N) is 2. The van der Waals surface area contributed by atoms with Crippen molar-refractivity contribution in [3.05, 3.63) is 48.3 Å². The molecule has 1 aliphatic rings. The largest absolute Gasteiger partial charge is 0.489 e. The van der Waals surface area contributed by atoms with Gasteiger partial charge in [0.2, 0.25) is 0 Å². The number of pyridine rings is 1. The van der Waals surface area contributed by atoms with E-state index in [1.807, 2.05) is 44.2 Å². The highest BCUT2D eigenvalue weighted by molar-refractivity contribution is 5.95. The first-order chi connectivity index (χ1) is 12.1. The maximum Gasteiger partial charge on any atom is 0.255 e. The quantitative estimate of drug-likeness (QED) is 0.905. The van der Waals surface area contributed by atoms with Crippen LogP contribution in [0.2, 0.25) is 0 Å². The van der Waals surface area contributed by atoms with E-state index in [9.17, 15) is 4.79 Å². The van der Waals surface area contributed by atoms with E-state index in [2.05, 4.69) is 10.3 Å². The molecule has 6 heteroatoms. The zero-order chi connectivity index (χ0) is 17.6. The SMILES string of the molecule is CC(C)Oc1ccccc1Nc1cncc(C(=O)N2CCOCC2)c1. The second kappa shape index (κ2) is 7.98. The average molecular weight is 341 g/mol. The molecule has 0 unspecified atom stereocenters. The van der Waals surface area contributed by atoms with Crippen molar-refractivity contribution in [2.75, 3.05) is 31.6 Å². The van der Waals surface area contributed by atoms with Gasteiger partial charge in [0.15, 0.2) is 0 Å². The number of morpholine rings is 1.